The van der Waals surface area contributed by atoms with Gasteiger partial charge >= 0.3 is 0 Å². The Labute approximate surface area is 175 Å². The van der Waals surface area contributed by atoms with E-state index in [1.54, 1.807) is 12.3 Å². The van der Waals surface area contributed by atoms with E-state index in [2.05, 4.69) is 10.2 Å². The van der Waals surface area contributed by atoms with Crippen LogP contribution in [0.3, 0.4) is 0 Å². The molecular weight excluding hydrogens is 380 g/mol. The van der Waals surface area contributed by atoms with Crippen molar-refractivity contribution in [3.05, 3.63) is 54.7 Å². The van der Waals surface area contributed by atoms with Crippen molar-refractivity contribution in [3.8, 4) is 33.9 Å². The number of likely N-dealkylation sites (tertiary alicyclic amines) is 1. The molecule has 1 fully saturated rings. The van der Waals surface area contributed by atoms with E-state index in [1.165, 1.54) is 4.90 Å². The number of H-pyrrole nitrogens is 1. The average Bonchev–Trinajstić information content (AvgIpc) is 3.24. The number of ether oxygens (including phenoxy) is 1. The standard InChI is InChI=1S/C23H26N4O3/c24-23(29)17-8-10-27(11-9-17)12-13-30-18-6-7-19(21(28)14-18)22-20(15-25-26-22)16-4-2-1-3-5-16/h1-7,14-15,17,28H,8-13H2,(H2,24,29)(H,25,26)/p+1. The zero-order valence-corrected chi connectivity index (χ0v) is 16.8. The molecule has 0 spiro atoms. The van der Waals surface area contributed by atoms with Gasteiger partial charge in [0, 0.05) is 36.0 Å². The molecule has 1 aliphatic heterocycles. The number of carbonyl (C=O) groups excluding carboxylic acids is 1. The topological polar surface area (TPSA) is 106 Å². The van der Waals surface area contributed by atoms with Crippen molar-refractivity contribution in [2.24, 2.45) is 11.7 Å². The maximum absolute atomic E-state index is 11.3. The van der Waals surface area contributed by atoms with Crippen LogP contribution in [0.5, 0.6) is 11.5 Å². The highest BCUT2D eigenvalue weighted by molar-refractivity contribution is 5.83. The normalized spacial score (nSPS) is 18.8. The van der Waals surface area contributed by atoms with E-state index in [0.717, 1.165) is 49.3 Å². The maximum atomic E-state index is 11.3. The number of nitrogens with one attached hydrogen (secondary N) is 2. The van der Waals surface area contributed by atoms with Gasteiger partial charge in [0.2, 0.25) is 5.91 Å². The smallest absolute Gasteiger partial charge is 0.220 e. The Morgan fingerprint density at radius 2 is 1.93 bits per heavy atom. The van der Waals surface area contributed by atoms with Crippen molar-refractivity contribution in [2.45, 2.75) is 12.8 Å². The van der Waals surface area contributed by atoms with E-state index >= 15 is 0 Å². The predicted molar refractivity (Wildman–Crippen MR) is 114 cm³/mol. The van der Waals surface area contributed by atoms with E-state index in [-0.39, 0.29) is 17.6 Å². The zero-order valence-electron chi connectivity index (χ0n) is 16.8. The monoisotopic (exact) mass is 407 g/mol. The molecule has 156 valence electrons. The fourth-order valence-electron chi connectivity index (χ4n) is 4.01. The number of nitrogens with zero attached hydrogens (tertiary/aromatic N) is 1. The summed E-state index contributed by atoms with van der Waals surface area (Å²) in [7, 11) is 0. The van der Waals surface area contributed by atoms with E-state index < -0.39 is 0 Å². The largest absolute Gasteiger partial charge is 0.507 e. The summed E-state index contributed by atoms with van der Waals surface area (Å²) in [6, 6.07) is 15.3. The van der Waals surface area contributed by atoms with Gasteiger partial charge in [-0.1, -0.05) is 30.3 Å². The van der Waals surface area contributed by atoms with E-state index in [4.69, 9.17) is 10.5 Å². The summed E-state index contributed by atoms with van der Waals surface area (Å²) >= 11 is 0. The fourth-order valence-corrected chi connectivity index (χ4v) is 4.01. The van der Waals surface area contributed by atoms with Crippen molar-refractivity contribution in [1.82, 2.24) is 10.2 Å². The number of primary amides is 1. The van der Waals surface area contributed by atoms with Crippen LogP contribution < -0.4 is 15.4 Å². The lowest BCUT2D eigenvalue weighted by Gasteiger charge is -2.27. The number of aromatic nitrogens is 2. The molecular formula is C23H27N4O3+. The van der Waals surface area contributed by atoms with Gasteiger partial charge in [0.15, 0.2) is 0 Å². The van der Waals surface area contributed by atoms with E-state index in [9.17, 15) is 9.90 Å². The molecule has 1 aliphatic rings. The molecule has 30 heavy (non-hydrogen) atoms. The Morgan fingerprint density at radius 1 is 1.17 bits per heavy atom. The maximum Gasteiger partial charge on any atom is 0.220 e. The van der Waals surface area contributed by atoms with Crippen molar-refractivity contribution < 1.29 is 19.5 Å². The SMILES string of the molecule is NC(=O)C1CC[NH+](CCOc2ccc(-c3[nH]ncc3-c3ccccc3)c(O)c2)CC1. The highest BCUT2D eigenvalue weighted by Gasteiger charge is 2.25. The third-order valence-corrected chi connectivity index (χ3v) is 5.78. The fraction of sp³-hybridized carbons (Fsp3) is 0.304. The van der Waals surface area contributed by atoms with Crippen LogP contribution in [0.2, 0.25) is 0 Å². The van der Waals surface area contributed by atoms with Crippen LogP contribution in [0, 0.1) is 5.92 Å². The van der Waals surface area contributed by atoms with Gasteiger partial charge < -0.3 is 20.5 Å². The van der Waals surface area contributed by atoms with Crippen LogP contribution in [0.15, 0.2) is 54.7 Å². The summed E-state index contributed by atoms with van der Waals surface area (Å²) < 4.78 is 5.85. The van der Waals surface area contributed by atoms with Gasteiger partial charge in [0.25, 0.3) is 0 Å². The molecule has 7 heteroatoms. The Morgan fingerprint density at radius 3 is 2.63 bits per heavy atom. The number of benzene rings is 2. The number of nitrogens with two attached hydrogens (primary N) is 1. The van der Waals surface area contributed by atoms with Crippen LogP contribution in [-0.4, -0.2) is 47.5 Å². The lowest BCUT2D eigenvalue weighted by atomic mass is 9.96. The molecule has 0 radical (unpaired) electrons. The van der Waals surface area contributed by atoms with Gasteiger partial charge in [-0.15, -0.1) is 0 Å². The number of piperidine rings is 1. The molecule has 1 amide bonds. The molecule has 0 bridgehead atoms. The first kappa shape index (κ1) is 20.0. The zero-order chi connectivity index (χ0) is 20.9. The number of hydrogen-bond acceptors (Lipinski definition) is 4. The molecule has 1 saturated heterocycles. The molecule has 0 saturated carbocycles. The number of hydrogen-bond donors (Lipinski definition) is 4. The summed E-state index contributed by atoms with van der Waals surface area (Å²) in [5.41, 5.74) is 8.80. The number of aromatic hydroxyl groups is 1. The minimum absolute atomic E-state index is 0.0161. The number of phenols is 1. The van der Waals surface area contributed by atoms with E-state index in [0.29, 0.717) is 17.9 Å². The number of aromatic amines is 1. The van der Waals surface area contributed by atoms with Crippen LogP contribution in [0.4, 0.5) is 0 Å². The summed E-state index contributed by atoms with van der Waals surface area (Å²) in [5.74, 6) is 0.600. The van der Waals surface area contributed by atoms with Gasteiger partial charge in [0.05, 0.1) is 25.0 Å². The van der Waals surface area contributed by atoms with Crippen LogP contribution in [0.25, 0.3) is 22.4 Å². The second kappa shape index (κ2) is 9.00. The molecule has 0 atom stereocenters. The van der Waals surface area contributed by atoms with Crippen molar-refractivity contribution in [2.75, 3.05) is 26.2 Å². The van der Waals surface area contributed by atoms with Crippen LogP contribution in [-0.2, 0) is 4.79 Å². The lowest BCUT2D eigenvalue weighted by molar-refractivity contribution is -0.905. The quantitative estimate of drug-likeness (QED) is 0.477. The number of quaternary nitrogens is 1. The van der Waals surface area contributed by atoms with Crippen molar-refractivity contribution >= 4 is 5.91 Å². The average molecular weight is 407 g/mol. The van der Waals surface area contributed by atoms with Gasteiger partial charge in [-0.05, 0) is 17.7 Å². The van der Waals surface area contributed by atoms with Crippen molar-refractivity contribution in [1.29, 1.82) is 0 Å². The number of carbonyl (C=O) groups is 1. The molecule has 4 rings (SSSR count). The first-order valence-corrected chi connectivity index (χ1v) is 10.3. The molecule has 3 aromatic rings. The second-order valence-electron chi connectivity index (χ2n) is 7.73. The Bertz CT molecular complexity index is 995. The second-order valence-corrected chi connectivity index (χ2v) is 7.73. The Hall–Kier alpha value is -3.32. The molecule has 1 aromatic heterocycles. The molecule has 2 aromatic carbocycles. The Kier molecular flexibility index (Phi) is 5.99. The first-order chi connectivity index (χ1) is 14.6. The summed E-state index contributed by atoms with van der Waals surface area (Å²) in [6.45, 7) is 3.27. The Balaban J connectivity index is 1.37. The third kappa shape index (κ3) is 4.46. The number of rotatable bonds is 7. The van der Waals surface area contributed by atoms with Gasteiger partial charge in [0.1, 0.15) is 24.7 Å². The molecule has 2 heterocycles. The van der Waals surface area contributed by atoms with Crippen molar-refractivity contribution in [3.63, 3.8) is 0 Å². The van der Waals surface area contributed by atoms with Gasteiger partial charge in [-0.25, -0.2) is 0 Å². The van der Waals surface area contributed by atoms with Gasteiger partial charge in [-0.2, -0.15) is 5.10 Å². The highest BCUT2D eigenvalue weighted by atomic mass is 16.5. The van der Waals surface area contributed by atoms with Crippen LogP contribution in [0.1, 0.15) is 12.8 Å². The summed E-state index contributed by atoms with van der Waals surface area (Å²) in [6.07, 6.45) is 3.45. The summed E-state index contributed by atoms with van der Waals surface area (Å²) in [4.78, 5) is 12.7. The molecule has 0 unspecified atom stereocenters. The van der Waals surface area contributed by atoms with Crippen LogP contribution >= 0.6 is 0 Å². The third-order valence-electron chi connectivity index (χ3n) is 5.78. The lowest BCUT2D eigenvalue weighted by Crippen LogP contribution is -3.13. The molecule has 7 nitrogen and oxygen atoms in total. The predicted octanol–water partition coefficient (Wildman–Crippen LogP) is 1.61. The number of phenolic OH excluding ortho intramolecular Hbond substituents is 1. The minimum atomic E-state index is -0.187. The molecule has 0 aliphatic carbocycles. The summed E-state index contributed by atoms with van der Waals surface area (Å²) in [5, 5.41) is 17.7. The van der Waals surface area contributed by atoms with E-state index in [1.807, 2.05) is 42.5 Å². The number of amides is 1. The first-order valence-electron chi connectivity index (χ1n) is 10.3. The minimum Gasteiger partial charge on any atom is -0.507 e. The highest BCUT2D eigenvalue weighted by Crippen LogP contribution is 2.36. The molecule has 5 N–H and O–H groups in total. The van der Waals surface area contributed by atoms with Gasteiger partial charge in [-0.3, -0.25) is 9.89 Å².